The highest BCUT2D eigenvalue weighted by molar-refractivity contribution is 5.77. The van der Waals surface area contributed by atoms with Crippen LogP contribution in [0.5, 0.6) is 0 Å². The fraction of sp³-hybridized carbons (Fsp3) is 0.500. The molecular weight excluding hydrogens is 212 g/mol. The highest BCUT2D eigenvalue weighted by atomic mass is 16.1. The zero-order valence-electron chi connectivity index (χ0n) is 10.1. The van der Waals surface area contributed by atoms with Gasteiger partial charge in [-0.1, -0.05) is 30.3 Å². The molecule has 0 atom stereocenters. The molecule has 2 rings (SSSR count). The van der Waals surface area contributed by atoms with Crippen molar-refractivity contribution < 1.29 is 4.79 Å². The third-order valence-electron chi connectivity index (χ3n) is 2.99. The van der Waals surface area contributed by atoms with E-state index in [0.29, 0.717) is 13.1 Å². The van der Waals surface area contributed by atoms with E-state index in [1.807, 2.05) is 18.2 Å². The van der Waals surface area contributed by atoms with Gasteiger partial charge in [-0.05, 0) is 37.3 Å². The van der Waals surface area contributed by atoms with Gasteiger partial charge in [-0.2, -0.15) is 0 Å². The fourth-order valence-corrected chi connectivity index (χ4v) is 1.77. The van der Waals surface area contributed by atoms with Crippen LogP contribution in [0.3, 0.4) is 0 Å². The maximum absolute atomic E-state index is 11.5. The van der Waals surface area contributed by atoms with Crippen molar-refractivity contribution in [3.63, 3.8) is 0 Å². The van der Waals surface area contributed by atoms with Gasteiger partial charge >= 0.3 is 0 Å². The average molecular weight is 232 g/mol. The first-order valence-electron chi connectivity index (χ1n) is 6.36. The first kappa shape index (κ1) is 12.1. The van der Waals surface area contributed by atoms with Crippen LogP contribution in [0, 0.1) is 5.92 Å². The second-order valence-corrected chi connectivity index (χ2v) is 4.66. The predicted molar refractivity (Wildman–Crippen MR) is 68.7 cm³/mol. The van der Waals surface area contributed by atoms with E-state index in [1.165, 1.54) is 18.4 Å². The predicted octanol–water partition coefficient (Wildman–Crippen LogP) is 1.34. The van der Waals surface area contributed by atoms with E-state index < -0.39 is 0 Å². The zero-order chi connectivity index (χ0) is 11.9. The average Bonchev–Trinajstić information content (AvgIpc) is 3.14. The standard InChI is InChI=1S/C14H20N2O/c17-14(11-15-10-13-6-7-13)16-9-8-12-4-2-1-3-5-12/h1-5,13,15H,6-11H2,(H,16,17). The SMILES string of the molecule is O=C(CNCC1CC1)NCCc1ccccc1. The van der Waals surface area contributed by atoms with Crippen molar-refractivity contribution in [2.45, 2.75) is 19.3 Å². The van der Waals surface area contributed by atoms with Crippen molar-refractivity contribution in [3.05, 3.63) is 35.9 Å². The van der Waals surface area contributed by atoms with Gasteiger partial charge in [0.25, 0.3) is 0 Å². The second kappa shape index (κ2) is 6.40. The lowest BCUT2D eigenvalue weighted by molar-refractivity contribution is -0.120. The summed E-state index contributed by atoms with van der Waals surface area (Å²) in [6, 6.07) is 10.2. The van der Waals surface area contributed by atoms with Crippen molar-refractivity contribution in [2.75, 3.05) is 19.6 Å². The van der Waals surface area contributed by atoms with Crippen LogP contribution in [0.25, 0.3) is 0 Å². The van der Waals surface area contributed by atoms with Gasteiger partial charge in [-0.15, -0.1) is 0 Å². The van der Waals surface area contributed by atoms with Crippen molar-refractivity contribution in [2.24, 2.45) is 5.92 Å². The normalized spacial score (nSPS) is 14.6. The number of hydrogen-bond donors (Lipinski definition) is 2. The van der Waals surface area contributed by atoms with Crippen LogP contribution in [0.2, 0.25) is 0 Å². The molecule has 0 heterocycles. The van der Waals surface area contributed by atoms with Crippen molar-refractivity contribution in [3.8, 4) is 0 Å². The Hall–Kier alpha value is -1.35. The van der Waals surface area contributed by atoms with E-state index in [1.54, 1.807) is 0 Å². The van der Waals surface area contributed by atoms with E-state index in [-0.39, 0.29) is 5.91 Å². The van der Waals surface area contributed by atoms with Gasteiger partial charge in [0.1, 0.15) is 0 Å². The van der Waals surface area contributed by atoms with Gasteiger partial charge in [0.2, 0.25) is 5.91 Å². The van der Waals surface area contributed by atoms with Crippen LogP contribution in [0.15, 0.2) is 30.3 Å². The summed E-state index contributed by atoms with van der Waals surface area (Å²) in [6.07, 6.45) is 3.54. The molecule has 2 N–H and O–H groups in total. The summed E-state index contributed by atoms with van der Waals surface area (Å²) in [6.45, 7) is 2.16. The summed E-state index contributed by atoms with van der Waals surface area (Å²) in [5.41, 5.74) is 1.26. The summed E-state index contributed by atoms with van der Waals surface area (Å²) in [5.74, 6) is 0.925. The molecule has 3 nitrogen and oxygen atoms in total. The zero-order valence-corrected chi connectivity index (χ0v) is 10.1. The van der Waals surface area contributed by atoms with Crippen molar-refractivity contribution in [1.29, 1.82) is 0 Å². The van der Waals surface area contributed by atoms with Crippen LogP contribution < -0.4 is 10.6 Å². The van der Waals surface area contributed by atoms with E-state index in [0.717, 1.165) is 18.9 Å². The summed E-state index contributed by atoms with van der Waals surface area (Å²) in [7, 11) is 0. The monoisotopic (exact) mass is 232 g/mol. The molecule has 0 radical (unpaired) electrons. The van der Waals surface area contributed by atoms with Crippen LogP contribution in [-0.2, 0) is 11.2 Å². The van der Waals surface area contributed by atoms with Gasteiger partial charge in [0.15, 0.2) is 0 Å². The lowest BCUT2D eigenvalue weighted by Crippen LogP contribution is -2.35. The molecule has 1 saturated carbocycles. The van der Waals surface area contributed by atoms with E-state index >= 15 is 0 Å². The van der Waals surface area contributed by atoms with E-state index in [9.17, 15) is 4.79 Å². The molecule has 0 bridgehead atoms. The summed E-state index contributed by atoms with van der Waals surface area (Å²) in [5, 5.41) is 6.11. The lowest BCUT2D eigenvalue weighted by atomic mass is 10.1. The highest BCUT2D eigenvalue weighted by Gasteiger charge is 2.20. The van der Waals surface area contributed by atoms with Crippen LogP contribution in [-0.4, -0.2) is 25.5 Å². The molecule has 1 amide bonds. The molecule has 1 aromatic rings. The van der Waals surface area contributed by atoms with Crippen molar-refractivity contribution >= 4 is 5.91 Å². The van der Waals surface area contributed by atoms with Crippen LogP contribution in [0.4, 0.5) is 0 Å². The Bertz CT molecular complexity index is 346. The Kier molecular flexibility index (Phi) is 4.56. The Morgan fingerprint density at radius 2 is 2.00 bits per heavy atom. The second-order valence-electron chi connectivity index (χ2n) is 4.66. The molecule has 0 aliphatic heterocycles. The number of nitrogens with one attached hydrogen (secondary N) is 2. The maximum atomic E-state index is 11.5. The van der Waals surface area contributed by atoms with Gasteiger partial charge < -0.3 is 10.6 Å². The Morgan fingerprint density at radius 3 is 2.71 bits per heavy atom. The smallest absolute Gasteiger partial charge is 0.233 e. The molecule has 0 saturated heterocycles. The van der Waals surface area contributed by atoms with Crippen LogP contribution in [0.1, 0.15) is 18.4 Å². The third kappa shape index (κ3) is 5.00. The number of amides is 1. The first-order chi connectivity index (χ1) is 8.34. The number of carbonyl (C=O) groups excluding carboxylic acids is 1. The van der Waals surface area contributed by atoms with Gasteiger partial charge in [-0.25, -0.2) is 0 Å². The minimum Gasteiger partial charge on any atom is -0.355 e. The lowest BCUT2D eigenvalue weighted by Gasteiger charge is -2.06. The summed E-state index contributed by atoms with van der Waals surface area (Å²) in [4.78, 5) is 11.5. The molecule has 1 aliphatic rings. The minimum absolute atomic E-state index is 0.0987. The minimum atomic E-state index is 0.0987. The fourth-order valence-electron chi connectivity index (χ4n) is 1.77. The molecule has 1 fully saturated rings. The van der Waals surface area contributed by atoms with Gasteiger partial charge in [0, 0.05) is 6.54 Å². The summed E-state index contributed by atoms with van der Waals surface area (Å²) >= 11 is 0. The molecule has 1 aliphatic carbocycles. The maximum Gasteiger partial charge on any atom is 0.233 e. The Morgan fingerprint density at radius 1 is 1.24 bits per heavy atom. The first-order valence-corrected chi connectivity index (χ1v) is 6.36. The molecule has 0 unspecified atom stereocenters. The molecule has 0 spiro atoms. The molecule has 0 aromatic heterocycles. The van der Waals surface area contributed by atoms with Crippen LogP contribution >= 0.6 is 0 Å². The number of carbonyl (C=O) groups is 1. The molecule has 92 valence electrons. The van der Waals surface area contributed by atoms with Crippen molar-refractivity contribution in [1.82, 2.24) is 10.6 Å². The third-order valence-corrected chi connectivity index (χ3v) is 2.99. The number of hydrogen-bond acceptors (Lipinski definition) is 2. The quantitative estimate of drug-likeness (QED) is 0.745. The molecular formula is C14H20N2O. The Labute approximate surface area is 103 Å². The number of benzene rings is 1. The molecule has 3 heteroatoms. The highest BCUT2D eigenvalue weighted by Crippen LogP contribution is 2.27. The van der Waals surface area contributed by atoms with Gasteiger partial charge in [-0.3, -0.25) is 4.79 Å². The van der Waals surface area contributed by atoms with Gasteiger partial charge in [0.05, 0.1) is 6.54 Å². The number of rotatable bonds is 7. The molecule has 17 heavy (non-hydrogen) atoms. The topological polar surface area (TPSA) is 41.1 Å². The molecule has 1 aromatic carbocycles. The van der Waals surface area contributed by atoms with E-state index in [2.05, 4.69) is 22.8 Å². The van der Waals surface area contributed by atoms with E-state index in [4.69, 9.17) is 0 Å². The summed E-state index contributed by atoms with van der Waals surface area (Å²) < 4.78 is 0. The largest absolute Gasteiger partial charge is 0.355 e. The Balaban J connectivity index is 1.53.